The number of imide groups is 1. The zero-order chi connectivity index (χ0) is 21.6. The highest BCUT2D eigenvalue weighted by Gasteiger charge is 2.29. The number of benzene rings is 1. The number of sulfonamides is 1. The monoisotopic (exact) mass is 440 g/mol. The Kier molecular flexibility index (Phi) is 7.40. The van der Waals surface area contributed by atoms with Gasteiger partial charge in [0.15, 0.2) is 0 Å². The number of nitrogens with zero attached hydrogens (tertiary/aromatic N) is 2. The summed E-state index contributed by atoms with van der Waals surface area (Å²) in [6, 6.07) is 6.02. The summed E-state index contributed by atoms with van der Waals surface area (Å²) in [6.07, 6.45) is 0.314. The second-order valence-corrected chi connectivity index (χ2v) is 8.68. The zero-order valence-electron chi connectivity index (χ0n) is 16.4. The van der Waals surface area contributed by atoms with Gasteiger partial charge in [-0.15, -0.1) is 0 Å². The molecular weight excluding hydrogens is 416 g/mol. The van der Waals surface area contributed by atoms with Gasteiger partial charge in [0.2, 0.25) is 21.8 Å². The maximum atomic E-state index is 12.6. The molecule has 1 aromatic rings. The number of morpholine rings is 1. The molecule has 30 heavy (non-hydrogen) atoms. The lowest BCUT2D eigenvalue weighted by Gasteiger charge is -2.26. The molecule has 2 aliphatic rings. The van der Waals surface area contributed by atoms with Crippen molar-refractivity contribution in [2.24, 2.45) is 0 Å². The van der Waals surface area contributed by atoms with E-state index in [9.17, 15) is 22.8 Å². The molecule has 1 aromatic carbocycles. The van der Waals surface area contributed by atoms with Crippen LogP contribution in [-0.4, -0.2) is 81.5 Å². The quantitative estimate of drug-likeness (QED) is 0.303. The zero-order valence-corrected chi connectivity index (χ0v) is 17.3. The maximum absolute atomic E-state index is 12.6. The van der Waals surface area contributed by atoms with Crippen molar-refractivity contribution < 1.29 is 37.0 Å². The second-order valence-electron chi connectivity index (χ2n) is 6.75. The lowest BCUT2D eigenvalue weighted by molar-refractivity contribution is -0.146. The van der Waals surface area contributed by atoms with Crippen LogP contribution in [0.15, 0.2) is 29.2 Å². The fourth-order valence-electron chi connectivity index (χ4n) is 3.11. The Balaban J connectivity index is 1.38. The lowest BCUT2D eigenvalue weighted by Crippen LogP contribution is -2.40. The van der Waals surface area contributed by atoms with Crippen molar-refractivity contribution in [1.82, 2.24) is 9.21 Å². The molecule has 0 aromatic heterocycles. The van der Waals surface area contributed by atoms with Crippen molar-refractivity contribution in [3.63, 3.8) is 0 Å². The number of ether oxygens (including phenoxy) is 3. The van der Waals surface area contributed by atoms with Crippen LogP contribution in [0.1, 0.15) is 19.3 Å². The van der Waals surface area contributed by atoms with E-state index >= 15 is 0 Å². The van der Waals surface area contributed by atoms with Gasteiger partial charge in [-0.3, -0.25) is 19.3 Å². The molecule has 2 aliphatic heterocycles. The smallest absolute Gasteiger partial charge is 0.307 e. The van der Waals surface area contributed by atoms with Gasteiger partial charge >= 0.3 is 5.97 Å². The van der Waals surface area contributed by atoms with Crippen molar-refractivity contribution in [2.75, 3.05) is 46.1 Å². The molecule has 0 atom stereocenters. The number of amides is 2. The predicted octanol–water partition coefficient (Wildman–Crippen LogP) is 0.169. The van der Waals surface area contributed by atoms with Gasteiger partial charge in [0.1, 0.15) is 19.0 Å². The first-order valence-electron chi connectivity index (χ1n) is 9.67. The fraction of sp³-hybridized carbons (Fsp3) is 0.526. The van der Waals surface area contributed by atoms with E-state index in [0.29, 0.717) is 32.1 Å². The van der Waals surface area contributed by atoms with E-state index in [1.54, 1.807) is 12.1 Å². The van der Waals surface area contributed by atoms with Crippen LogP contribution in [-0.2, 0) is 33.9 Å². The summed E-state index contributed by atoms with van der Waals surface area (Å²) in [4.78, 5) is 35.9. The minimum atomic E-state index is -3.56. The number of rotatable bonds is 9. The van der Waals surface area contributed by atoms with E-state index in [1.165, 1.54) is 16.4 Å². The van der Waals surface area contributed by atoms with Crippen LogP contribution in [0.3, 0.4) is 0 Å². The summed E-state index contributed by atoms with van der Waals surface area (Å²) in [5.41, 5.74) is 0. The number of carbonyl (C=O) groups excluding carboxylic acids is 3. The van der Waals surface area contributed by atoms with Gasteiger partial charge in [-0.2, -0.15) is 4.31 Å². The number of carbonyl (C=O) groups is 3. The Bertz CT molecular complexity index is 862. The van der Waals surface area contributed by atoms with Crippen molar-refractivity contribution >= 4 is 27.8 Å². The van der Waals surface area contributed by atoms with Crippen molar-refractivity contribution in [3.05, 3.63) is 24.3 Å². The molecule has 2 fully saturated rings. The Morgan fingerprint density at radius 2 is 1.63 bits per heavy atom. The third kappa shape index (κ3) is 5.55. The summed E-state index contributed by atoms with van der Waals surface area (Å²) in [7, 11) is -3.56. The average molecular weight is 440 g/mol. The standard InChI is InChI=1S/C19H24N2O8S/c22-17-5-6-18(23)21(17)8-7-19(24)29-14-13-28-15-1-3-16(4-2-15)30(25,26)20-9-11-27-12-10-20/h1-4H,5-14H2. The van der Waals surface area contributed by atoms with E-state index in [0.717, 1.165) is 4.90 Å². The van der Waals surface area contributed by atoms with E-state index in [4.69, 9.17) is 14.2 Å². The van der Waals surface area contributed by atoms with E-state index in [1.807, 2.05) is 0 Å². The molecule has 11 heteroatoms. The third-order valence-corrected chi connectivity index (χ3v) is 6.65. The molecule has 0 unspecified atom stereocenters. The molecule has 0 bridgehead atoms. The van der Waals surface area contributed by atoms with E-state index in [2.05, 4.69) is 0 Å². The lowest BCUT2D eigenvalue weighted by atomic mass is 10.3. The first-order valence-corrected chi connectivity index (χ1v) is 11.1. The van der Waals surface area contributed by atoms with Crippen LogP contribution in [0.4, 0.5) is 0 Å². The van der Waals surface area contributed by atoms with Crippen LogP contribution in [0.2, 0.25) is 0 Å². The Morgan fingerprint density at radius 1 is 1.00 bits per heavy atom. The Hall–Kier alpha value is -2.50. The van der Waals surface area contributed by atoms with E-state index in [-0.39, 0.29) is 55.7 Å². The molecule has 2 amide bonds. The number of likely N-dealkylation sites (tertiary alicyclic amines) is 1. The molecule has 0 radical (unpaired) electrons. The van der Waals surface area contributed by atoms with Crippen molar-refractivity contribution in [3.8, 4) is 5.75 Å². The topological polar surface area (TPSA) is 120 Å². The van der Waals surface area contributed by atoms with Gasteiger partial charge in [0.05, 0.1) is 24.5 Å². The molecule has 0 N–H and O–H groups in total. The highest BCUT2D eigenvalue weighted by Crippen LogP contribution is 2.20. The number of hydrogen-bond acceptors (Lipinski definition) is 8. The first-order chi connectivity index (χ1) is 14.4. The molecule has 164 valence electrons. The summed E-state index contributed by atoms with van der Waals surface area (Å²) in [5, 5.41) is 0. The normalized spacial score (nSPS) is 17.9. The first kappa shape index (κ1) is 22.2. The molecule has 3 rings (SSSR count). The molecule has 0 saturated carbocycles. The van der Waals surface area contributed by atoms with E-state index < -0.39 is 16.0 Å². The highest BCUT2D eigenvalue weighted by atomic mass is 32.2. The summed E-state index contributed by atoms with van der Waals surface area (Å²) < 4.78 is 42.2. The Labute approximate surface area is 174 Å². The van der Waals surface area contributed by atoms with Crippen LogP contribution >= 0.6 is 0 Å². The number of esters is 1. The number of hydrogen-bond donors (Lipinski definition) is 0. The van der Waals surface area contributed by atoms with Crippen LogP contribution < -0.4 is 4.74 Å². The molecule has 2 saturated heterocycles. The highest BCUT2D eigenvalue weighted by molar-refractivity contribution is 7.89. The largest absolute Gasteiger partial charge is 0.490 e. The Morgan fingerprint density at radius 3 is 2.27 bits per heavy atom. The van der Waals surface area contributed by atoms with Crippen LogP contribution in [0.25, 0.3) is 0 Å². The van der Waals surface area contributed by atoms with Gasteiger partial charge in [0, 0.05) is 32.5 Å². The second kappa shape index (κ2) is 10.0. The predicted molar refractivity (Wildman–Crippen MR) is 103 cm³/mol. The van der Waals surface area contributed by atoms with Crippen molar-refractivity contribution in [2.45, 2.75) is 24.2 Å². The third-order valence-electron chi connectivity index (χ3n) is 4.74. The summed E-state index contributed by atoms with van der Waals surface area (Å²) in [5.74, 6) is -0.622. The maximum Gasteiger partial charge on any atom is 0.307 e. The summed E-state index contributed by atoms with van der Waals surface area (Å²) >= 11 is 0. The fourth-order valence-corrected chi connectivity index (χ4v) is 4.51. The van der Waals surface area contributed by atoms with Gasteiger partial charge in [-0.25, -0.2) is 8.42 Å². The molecular formula is C19H24N2O8S. The van der Waals surface area contributed by atoms with Crippen molar-refractivity contribution in [1.29, 1.82) is 0 Å². The van der Waals surface area contributed by atoms with Gasteiger partial charge in [0.25, 0.3) is 0 Å². The van der Waals surface area contributed by atoms with Gasteiger partial charge < -0.3 is 14.2 Å². The SMILES string of the molecule is O=C(CCN1C(=O)CCC1=O)OCCOc1ccc(S(=O)(=O)N2CCOCC2)cc1. The van der Waals surface area contributed by atoms with Crippen LogP contribution in [0.5, 0.6) is 5.75 Å². The van der Waals surface area contributed by atoms with Gasteiger partial charge in [-0.05, 0) is 24.3 Å². The average Bonchev–Trinajstić information content (AvgIpc) is 3.08. The summed E-state index contributed by atoms with van der Waals surface area (Å²) in [6.45, 7) is 1.51. The van der Waals surface area contributed by atoms with Crippen LogP contribution in [0, 0.1) is 0 Å². The molecule has 0 aliphatic carbocycles. The van der Waals surface area contributed by atoms with Gasteiger partial charge in [-0.1, -0.05) is 0 Å². The molecule has 0 spiro atoms. The minimum Gasteiger partial charge on any atom is -0.490 e. The molecule has 2 heterocycles. The minimum absolute atomic E-state index is 0.00540. The molecule has 10 nitrogen and oxygen atoms in total.